The van der Waals surface area contributed by atoms with Crippen molar-refractivity contribution in [2.45, 2.75) is 26.4 Å². The number of carbonyl (C=O) groups is 1. The number of carbonyl (C=O) groups excluding carboxylic acids is 1. The zero-order chi connectivity index (χ0) is 19.2. The molecule has 27 heavy (non-hydrogen) atoms. The predicted octanol–water partition coefficient (Wildman–Crippen LogP) is 3.01. The van der Waals surface area contributed by atoms with Crippen molar-refractivity contribution in [3.8, 4) is 6.07 Å². The van der Waals surface area contributed by atoms with E-state index in [0.717, 1.165) is 32.7 Å². The van der Waals surface area contributed by atoms with E-state index in [1.54, 1.807) is 18.2 Å². The van der Waals surface area contributed by atoms with E-state index in [-0.39, 0.29) is 11.9 Å². The van der Waals surface area contributed by atoms with Crippen molar-refractivity contribution in [2.24, 2.45) is 0 Å². The maximum atomic E-state index is 12.6. The summed E-state index contributed by atoms with van der Waals surface area (Å²) in [7, 11) is 0. The monoisotopic (exact) mass is 362 g/mol. The highest BCUT2D eigenvalue weighted by Gasteiger charge is 2.26. The number of amides is 1. The molecule has 1 atom stereocenters. The summed E-state index contributed by atoms with van der Waals surface area (Å²) in [5.41, 5.74) is 3.75. The average Bonchev–Trinajstić information content (AvgIpc) is 2.70. The Morgan fingerprint density at radius 1 is 1.11 bits per heavy atom. The summed E-state index contributed by atoms with van der Waals surface area (Å²) >= 11 is 0. The third-order valence-corrected chi connectivity index (χ3v) is 5.29. The Morgan fingerprint density at radius 2 is 1.78 bits per heavy atom. The first-order valence-electron chi connectivity index (χ1n) is 9.39. The van der Waals surface area contributed by atoms with Gasteiger partial charge in [0.1, 0.15) is 6.07 Å². The van der Waals surface area contributed by atoms with Crippen LogP contribution in [0.5, 0.6) is 0 Å². The van der Waals surface area contributed by atoms with Crippen LogP contribution in [-0.2, 0) is 11.3 Å². The van der Waals surface area contributed by atoms with Crippen molar-refractivity contribution >= 4 is 11.6 Å². The highest BCUT2D eigenvalue weighted by Crippen LogP contribution is 2.17. The number of piperazine rings is 1. The van der Waals surface area contributed by atoms with Gasteiger partial charge in [0.15, 0.2) is 0 Å². The smallest absolute Gasteiger partial charge is 0.241 e. The molecule has 2 aromatic rings. The maximum Gasteiger partial charge on any atom is 0.241 e. The fourth-order valence-electron chi connectivity index (χ4n) is 3.43. The topological polar surface area (TPSA) is 59.4 Å². The van der Waals surface area contributed by atoms with Gasteiger partial charge in [0.25, 0.3) is 0 Å². The van der Waals surface area contributed by atoms with Gasteiger partial charge in [-0.25, -0.2) is 0 Å². The summed E-state index contributed by atoms with van der Waals surface area (Å²) < 4.78 is 0. The summed E-state index contributed by atoms with van der Waals surface area (Å²) in [6.07, 6.45) is 0. The Balaban J connectivity index is 1.53. The van der Waals surface area contributed by atoms with Gasteiger partial charge in [-0.2, -0.15) is 5.26 Å². The number of para-hydroxylation sites is 1. The number of nitrogens with one attached hydrogen (secondary N) is 1. The van der Waals surface area contributed by atoms with E-state index in [0.29, 0.717) is 11.3 Å². The van der Waals surface area contributed by atoms with Crippen LogP contribution in [0.1, 0.15) is 23.6 Å². The molecule has 0 saturated carbocycles. The molecular weight excluding hydrogens is 336 g/mol. The molecule has 5 nitrogen and oxygen atoms in total. The van der Waals surface area contributed by atoms with E-state index in [1.165, 1.54) is 11.1 Å². The molecule has 140 valence electrons. The number of rotatable bonds is 5. The number of nitriles is 1. The first kappa shape index (κ1) is 19.1. The molecule has 1 heterocycles. The molecule has 3 rings (SSSR count). The van der Waals surface area contributed by atoms with E-state index in [9.17, 15) is 10.1 Å². The first-order valence-corrected chi connectivity index (χ1v) is 9.39. The maximum absolute atomic E-state index is 12.6. The Bertz CT molecular complexity index is 834. The van der Waals surface area contributed by atoms with Gasteiger partial charge in [0.2, 0.25) is 5.91 Å². The summed E-state index contributed by atoms with van der Waals surface area (Å²) in [6.45, 7) is 8.65. The Hall–Kier alpha value is -2.68. The van der Waals surface area contributed by atoms with E-state index in [2.05, 4.69) is 52.4 Å². The zero-order valence-electron chi connectivity index (χ0n) is 16.0. The summed E-state index contributed by atoms with van der Waals surface area (Å²) in [5, 5.41) is 12.1. The van der Waals surface area contributed by atoms with E-state index in [1.807, 2.05) is 13.0 Å². The molecule has 5 heteroatoms. The van der Waals surface area contributed by atoms with Crippen molar-refractivity contribution < 1.29 is 4.79 Å². The molecule has 2 aromatic carbocycles. The van der Waals surface area contributed by atoms with Crippen LogP contribution in [0.4, 0.5) is 5.69 Å². The minimum absolute atomic E-state index is 0.0648. The number of anilines is 1. The number of hydrogen-bond donors (Lipinski definition) is 1. The Labute approximate surface area is 161 Å². The highest BCUT2D eigenvalue weighted by molar-refractivity contribution is 5.95. The van der Waals surface area contributed by atoms with Crippen LogP contribution in [0.25, 0.3) is 0 Å². The van der Waals surface area contributed by atoms with Crippen LogP contribution >= 0.6 is 0 Å². The second kappa shape index (κ2) is 8.81. The molecule has 1 aliphatic heterocycles. The normalized spacial score (nSPS) is 16.5. The van der Waals surface area contributed by atoms with Crippen molar-refractivity contribution in [3.05, 3.63) is 65.2 Å². The van der Waals surface area contributed by atoms with Gasteiger partial charge < -0.3 is 5.32 Å². The molecule has 1 aliphatic rings. The number of benzene rings is 2. The quantitative estimate of drug-likeness (QED) is 0.888. The Kier molecular flexibility index (Phi) is 6.23. The van der Waals surface area contributed by atoms with Crippen molar-refractivity contribution in [1.29, 1.82) is 5.26 Å². The minimum Gasteiger partial charge on any atom is -0.324 e. The van der Waals surface area contributed by atoms with Gasteiger partial charge >= 0.3 is 0 Å². The number of hydrogen-bond acceptors (Lipinski definition) is 4. The molecule has 1 saturated heterocycles. The molecule has 1 amide bonds. The lowest BCUT2D eigenvalue weighted by atomic mass is 10.1. The van der Waals surface area contributed by atoms with Gasteiger partial charge in [-0.05, 0) is 37.1 Å². The third-order valence-electron chi connectivity index (χ3n) is 5.29. The summed E-state index contributed by atoms with van der Waals surface area (Å²) in [4.78, 5) is 17.3. The van der Waals surface area contributed by atoms with Crippen LogP contribution in [0.15, 0.2) is 48.5 Å². The lowest BCUT2D eigenvalue weighted by Crippen LogP contribution is -2.52. The van der Waals surface area contributed by atoms with Crippen LogP contribution < -0.4 is 5.32 Å². The largest absolute Gasteiger partial charge is 0.324 e. The fraction of sp³-hybridized carbons (Fsp3) is 0.364. The second-order valence-corrected chi connectivity index (χ2v) is 7.06. The molecule has 1 unspecified atom stereocenters. The molecule has 1 N–H and O–H groups in total. The summed E-state index contributed by atoms with van der Waals surface area (Å²) in [6, 6.07) is 17.5. The molecular formula is C22H26N4O. The van der Waals surface area contributed by atoms with Crippen LogP contribution in [0, 0.1) is 18.3 Å². The minimum atomic E-state index is -0.225. The third kappa shape index (κ3) is 4.73. The highest BCUT2D eigenvalue weighted by atomic mass is 16.2. The lowest BCUT2D eigenvalue weighted by Gasteiger charge is -2.37. The molecule has 0 aliphatic carbocycles. The molecule has 1 fully saturated rings. The molecule has 0 spiro atoms. The van der Waals surface area contributed by atoms with Gasteiger partial charge in [0.05, 0.1) is 17.3 Å². The standard InChI is InChI=1S/C22H26N4O/c1-17-7-3-4-9-20(17)16-25-11-13-26(14-12-25)18(2)22(27)24-21-10-6-5-8-19(21)15-23/h3-10,18H,11-14,16H2,1-2H3,(H,24,27). The van der Waals surface area contributed by atoms with Crippen molar-refractivity contribution in [2.75, 3.05) is 31.5 Å². The number of nitrogens with zero attached hydrogens (tertiary/aromatic N) is 3. The lowest BCUT2D eigenvalue weighted by molar-refractivity contribution is -0.121. The predicted molar refractivity (Wildman–Crippen MR) is 107 cm³/mol. The van der Waals surface area contributed by atoms with Crippen molar-refractivity contribution in [3.63, 3.8) is 0 Å². The van der Waals surface area contributed by atoms with Gasteiger partial charge in [-0.15, -0.1) is 0 Å². The Morgan fingerprint density at radius 3 is 2.48 bits per heavy atom. The van der Waals surface area contributed by atoms with Crippen LogP contribution in [0.3, 0.4) is 0 Å². The second-order valence-electron chi connectivity index (χ2n) is 7.06. The van der Waals surface area contributed by atoms with Gasteiger partial charge in [-0.1, -0.05) is 36.4 Å². The van der Waals surface area contributed by atoms with E-state index >= 15 is 0 Å². The molecule has 0 bridgehead atoms. The van der Waals surface area contributed by atoms with Crippen LogP contribution in [-0.4, -0.2) is 47.9 Å². The van der Waals surface area contributed by atoms with Crippen LogP contribution in [0.2, 0.25) is 0 Å². The zero-order valence-corrected chi connectivity index (χ0v) is 16.0. The van der Waals surface area contributed by atoms with E-state index < -0.39 is 0 Å². The SMILES string of the molecule is Cc1ccccc1CN1CCN(C(C)C(=O)Nc2ccccc2C#N)CC1. The molecule has 0 radical (unpaired) electrons. The first-order chi connectivity index (χ1) is 13.1. The van der Waals surface area contributed by atoms with Crippen molar-refractivity contribution in [1.82, 2.24) is 9.80 Å². The number of aryl methyl sites for hydroxylation is 1. The fourth-order valence-corrected chi connectivity index (χ4v) is 3.43. The average molecular weight is 362 g/mol. The summed E-state index contributed by atoms with van der Waals surface area (Å²) in [5.74, 6) is -0.0648. The molecule has 0 aromatic heterocycles. The van der Waals surface area contributed by atoms with Gasteiger partial charge in [-0.3, -0.25) is 14.6 Å². The van der Waals surface area contributed by atoms with E-state index in [4.69, 9.17) is 0 Å². The van der Waals surface area contributed by atoms with Gasteiger partial charge in [0, 0.05) is 32.7 Å².